The number of rotatable bonds is 4. The van der Waals surface area contributed by atoms with Crippen molar-refractivity contribution in [1.29, 1.82) is 0 Å². The van der Waals surface area contributed by atoms with Crippen molar-refractivity contribution >= 4 is 29.0 Å². The van der Waals surface area contributed by atoms with Gasteiger partial charge in [-0.05, 0) is 18.2 Å². The average Bonchev–Trinajstić information content (AvgIpc) is 2.56. The van der Waals surface area contributed by atoms with E-state index in [0.29, 0.717) is 0 Å². The Morgan fingerprint density at radius 3 is 2.71 bits per heavy atom. The van der Waals surface area contributed by atoms with Gasteiger partial charge in [0.2, 0.25) is 0 Å². The zero-order chi connectivity index (χ0) is 17.5. The Kier molecular flexibility index (Phi) is 5.86. The molecule has 24 heavy (non-hydrogen) atoms. The van der Waals surface area contributed by atoms with Gasteiger partial charge in [-0.1, -0.05) is 30.3 Å². The maximum absolute atomic E-state index is 13.8. The summed E-state index contributed by atoms with van der Waals surface area (Å²) in [6.07, 6.45) is 6.47. The first kappa shape index (κ1) is 17.4. The molecule has 0 unspecified atom stereocenters. The van der Waals surface area contributed by atoms with Crippen LogP contribution in [0.5, 0.6) is 0 Å². The molecular weight excluding hydrogens is 336 g/mol. The Morgan fingerprint density at radius 2 is 2.04 bits per heavy atom. The summed E-state index contributed by atoms with van der Waals surface area (Å²) in [6.45, 7) is 3.54. The van der Waals surface area contributed by atoms with Crippen molar-refractivity contribution in [3.8, 4) is 0 Å². The number of hydrogen-bond donors (Lipinski definition) is 1. The van der Waals surface area contributed by atoms with Gasteiger partial charge in [0.1, 0.15) is 22.4 Å². The summed E-state index contributed by atoms with van der Waals surface area (Å²) in [5, 5.41) is 0.0827. The number of nitrogens with two attached hydrogens (primary N) is 1. The molecule has 2 heterocycles. The van der Waals surface area contributed by atoms with E-state index in [4.69, 9.17) is 17.3 Å². The Bertz CT molecular complexity index is 829. The highest BCUT2D eigenvalue weighted by molar-refractivity contribution is 6.29. The van der Waals surface area contributed by atoms with Crippen molar-refractivity contribution in [2.75, 3.05) is 0 Å². The molecule has 2 N–H and O–H groups in total. The quantitative estimate of drug-likeness (QED) is 0.397. The summed E-state index contributed by atoms with van der Waals surface area (Å²) < 4.78 is 26.7. The average molecular weight is 348 g/mol. The minimum atomic E-state index is -0.669. The predicted molar refractivity (Wildman–Crippen MR) is 90.6 cm³/mol. The van der Waals surface area contributed by atoms with Gasteiger partial charge in [0, 0.05) is 6.07 Å². The summed E-state index contributed by atoms with van der Waals surface area (Å²) in [4.78, 5) is 15.5. The Balaban J connectivity index is 2.44. The molecule has 5 nitrogen and oxygen atoms in total. The van der Waals surface area contributed by atoms with E-state index in [9.17, 15) is 8.78 Å². The van der Waals surface area contributed by atoms with Gasteiger partial charge in [0.25, 0.3) is 0 Å². The van der Waals surface area contributed by atoms with Gasteiger partial charge in [0.15, 0.2) is 17.5 Å². The van der Waals surface area contributed by atoms with Crippen molar-refractivity contribution < 1.29 is 8.78 Å². The van der Waals surface area contributed by atoms with Gasteiger partial charge < -0.3 is 5.73 Å². The number of nitrogens with zero attached hydrogens (tertiary/aromatic N) is 4. The highest BCUT2D eigenvalue weighted by Crippen LogP contribution is 2.20. The fourth-order valence-electron chi connectivity index (χ4n) is 1.57. The number of allylic oxidation sites excluding steroid dienone is 2. The molecular formula is C16H12ClF2N5. The van der Waals surface area contributed by atoms with Crippen molar-refractivity contribution in [2.24, 2.45) is 15.7 Å². The highest BCUT2D eigenvalue weighted by atomic mass is 35.5. The monoisotopic (exact) mass is 347 g/mol. The van der Waals surface area contributed by atoms with Crippen molar-refractivity contribution in [3.63, 3.8) is 0 Å². The molecule has 0 aliphatic heterocycles. The molecule has 122 valence electrons. The molecule has 0 fully saturated rings. The largest absolute Gasteiger partial charge is 0.382 e. The highest BCUT2D eigenvalue weighted by Gasteiger charge is 2.06. The zero-order valence-electron chi connectivity index (χ0n) is 12.3. The van der Waals surface area contributed by atoms with Gasteiger partial charge in [0.05, 0.1) is 12.4 Å². The molecule has 0 aliphatic carbocycles. The van der Waals surface area contributed by atoms with Crippen LogP contribution in [0.15, 0.2) is 65.4 Å². The van der Waals surface area contributed by atoms with Crippen LogP contribution in [0.25, 0.3) is 0 Å². The Hall–Kier alpha value is -2.93. The minimum Gasteiger partial charge on any atom is -0.382 e. The van der Waals surface area contributed by atoms with Crippen LogP contribution in [0.4, 0.5) is 14.5 Å². The van der Waals surface area contributed by atoms with Crippen LogP contribution in [0.1, 0.15) is 5.69 Å². The van der Waals surface area contributed by atoms with E-state index in [2.05, 4.69) is 26.5 Å². The van der Waals surface area contributed by atoms with E-state index in [0.717, 1.165) is 12.4 Å². The van der Waals surface area contributed by atoms with Crippen LogP contribution in [-0.2, 0) is 0 Å². The molecule has 0 aliphatic rings. The summed E-state index contributed by atoms with van der Waals surface area (Å²) in [6, 6.07) is 3.82. The van der Waals surface area contributed by atoms with Crippen LogP contribution in [0, 0.1) is 11.6 Å². The molecule has 0 amide bonds. The number of hydrogen-bond acceptors (Lipinski definition) is 3. The molecule has 0 spiro atoms. The normalized spacial score (nSPS) is 12.6. The third-order valence-electron chi connectivity index (χ3n) is 2.64. The van der Waals surface area contributed by atoms with E-state index >= 15 is 0 Å². The third-order valence-corrected chi connectivity index (χ3v) is 2.85. The molecule has 2 aromatic rings. The maximum atomic E-state index is 13.8. The topological polar surface area (TPSA) is 76.5 Å². The lowest BCUT2D eigenvalue weighted by Gasteiger charge is -2.02. The molecule has 2 rings (SSSR count). The second kappa shape index (κ2) is 8.07. The van der Waals surface area contributed by atoms with Gasteiger partial charge in [-0.15, -0.1) is 0 Å². The standard InChI is InChI=1S/C16H12ClF2N5/c1-2-3-4-15(23-13-7-14(17)22-9-11(13)19)24-16(20)12-6-5-10(18)8-21-12/h2-9H,1H2,(H2,20,22,23,24)/b4-3+. The van der Waals surface area contributed by atoms with Crippen molar-refractivity contribution in [1.82, 2.24) is 9.97 Å². The number of halogens is 3. The zero-order valence-corrected chi connectivity index (χ0v) is 13.1. The van der Waals surface area contributed by atoms with Gasteiger partial charge >= 0.3 is 0 Å². The van der Waals surface area contributed by atoms with Gasteiger partial charge in [-0.3, -0.25) is 0 Å². The SMILES string of the molecule is C=C/C=C/C(=Nc1cc(Cl)ncc1F)N=C(N)c1ccc(F)cn1. The summed E-state index contributed by atoms with van der Waals surface area (Å²) in [7, 11) is 0. The van der Waals surface area contributed by atoms with E-state index in [-0.39, 0.29) is 28.2 Å². The lowest BCUT2D eigenvalue weighted by Crippen LogP contribution is -2.17. The number of aliphatic imine (C=N–C) groups is 2. The molecule has 8 heteroatoms. The predicted octanol–water partition coefficient (Wildman–Crippen LogP) is 3.59. The first-order chi connectivity index (χ1) is 11.5. The first-order valence-corrected chi connectivity index (χ1v) is 7.02. The van der Waals surface area contributed by atoms with Gasteiger partial charge in [-0.25, -0.2) is 28.7 Å². The fraction of sp³-hybridized carbons (Fsp3) is 0. The maximum Gasteiger partial charge on any atom is 0.167 e. The summed E-state index contributed by atoms with van der Waals surface area (Å²) in [5.74, 6) is -1.10. The molecule has 0 saturated carbocycles. The van der Waals surface area contributed by atoms with E-state index in [1.165, 1.54) is 30.4 Å². The molecule has 0 aromatic carbocycles. The second-order valence-corrected chi connectivity index (χ2v) is 4.77. The molecule has 0 saturated heterocycles. The second-order valence-electron chi connectivity index (χ2n) is 4.38. The lowest BCUT2D eigenvalue weighted by atomic mass is 10.3. The molecule has 0 bridgehead atoms. The molecule has 2 aromatic heterocycles. The third kappa shape index (κ3) is 4.79. The van der Waals surface area contributed by atoms with Crippen LogP contribution in [0.3, 0.4) is 0 Å². The van der Waals surface area contributed by atoms with E-state index in [1.54, 1.807) is 6.08 Å². The van der Waals surface area contributed by atoms with E-state index in [1.807, 2.05) is 0 Å². The van der Waals surface area contributed by atoms with Crippen LogP contribution in [-0.4, -0.2) is 21.6 Å². The van der Waals surface area contributed by atoms with Gasteiger partial charge in [-0.2, -0.15) is 0 Å². The summed E-state index contributed by atoms with van der Waals surface area (Å²) in [5.41, 5.74) is 6.03. The molecule has 0 atom stereocenters. The fourth-order valence-corrected chi connectivity index (χ4v) is 1.73. The Morgan fingerprint density at radius 1 is 1.25 bits per heavy atom. The number of aromatic nitrogens is 2. The van der Waals surface area contributed by atoms with Crippen molar-refractivity contribution in [2.45, 2.75) is 0 Å². The number of pyridine rings is 2. The van der Waals surface area contributed by atoms with Crippen LogP contribution >= 0.6 is 11.6 Å². The van der Waals surface area contributed by atoms with Crippen LogP contribution in [0.2, 0.25) is 5.15 Å². The van der Waals surface area contributed by atoms with Crippen molar-refractivity contribution in [3.05, 3.63) is 77.9 Å². The smallest absolute Gasteiger partial charge is 0.167 e. The Labute approximate surface area is 142 Å². The minimum absolute atomic E-state index is 0.0111. The summed E-state index contributed by atoms with van der Waals surface area (Å²) >= 11 is 5.73. The van der Waals surface area contributed by atoms with Crippen LogP contribution < -0.4 is 5.73 Å². The van der Waals surface area contributed by atoms with E-state index < -0.39 is 11.6 Å². The molecule has 0 radical (unpaired) electrons. The lowest BCUT2D eigenvalue weighted by molar-refractivity contribution is 0.621. The number of amidine groups is 2. The first-order valence-electron chi connectivity index (χ1n) is 6.64.